The van der Waals surface area contributed by atoms with Gasteiger partial charge in [-0.15, -0.1) is 0 Å². The van der Waals surface area contributed by atoms with Crippen LogP contribution in [0.4, 0.5) is 5.69 Å². The van der Waals surface area contributed by atoms with E-state index in [9.17, 15) is 4.79 Å². The summed E-state index contributed by atoms with van der Waals surface area (Å²) >= 11 is 3.53. The van der Waals surface area contributed by atoms with Crippen LogP contribution in [0.3, 0.4) is 0 Å². The highest BCUT2D eigenvalue weighted by atomic mass is 79.9. The number of ether oxygens (including phenoxy) is 1. The van der Waals surface area contributed by atoms with Crippen molar-refractivity contribution in [2.24, 2.45) is 0 Å². The second-order valence-corrected chi connectivity index (χ2v) is 5.93. The summed E-state index contributed by atoms with van der Waals surface area (Å²) in [6.45, 7) is 3.42. The molecule has 3 rings (SSSR count). The van der Waals surface area contributed by atoms with Gasteiger partial charge in [0.2, 0.25) is 0 Å². The van der Waals surface area contributed by atoms with Crippen molar-refractivity contribution < 1.29 is 14.1 Å². The van der Waals surface area contributed by atoms with Crippen LogP contribution in [0.1, 0.15) is 11.5 Å². The molecule has 0 radical (unpaired) electrons. The van der Waals surface area contributed by atoms with Gasteiger partial charge >= 0.3 is 0 Å². The normalized spacial score (nSPS) is 10.7. The number of fused-ring (bicyclic) bond motifs is 1. The molecule has 1 heterocycles. The van der Waals surface area contributed by atoms with Gasteiger partial charge in [-0.25, -0.2) is 0 Å². The van der Waals surface area contributed by atoms with Gasteiger partial charge in [0.1, 0.15) is 17.1 Å². The van der Waals surface area contributed by atoms with Gasteiger partial charge in [0.05, 0.1) is 4.47 Å². The minimum absolute atomic E-state index is 0.0962. The molecule has 0 aliphatic carbocycles. The monoisotopic (exact) mass is 374 g/mol. The van der Waals surface area contributed by atoms with Gasteiger partial charge in [0.25, 0.3) is 5.91 Å². The second-order valence-electron chi connectivity index (χ2n) is 5.13. The Kier molecular flexibility index (Phi) is 4.34. The van der Waals surface area contributed by atoms with Crippen LogP contribution in [0.15, 0.2) is 45.4 Å². The van der Waals surface area contributed by atoms with Crippen molar-refractivity contribution >= 4 is 38.3 Å². The van der Waals surface area contributed by atoms with Crippen molar-refractivity contribution in [1.82, 2.24) is 5.16 Å². The highest BCUT2D eigenvalue weighted by Gasteiger charge is 2.13. The lowest BCUT2D eigenvalue weighted by atomic mass is 10.1. The van der Waals surface area contributed by atoms with Crippen molar-refractivity contribution in [2.45, 2.75) is 13.8 Å². The van der Waals surface area contributed by atoms with Gasteiger partial charge in [-0.3, -0.25) is 4.79 Å². The summed E-state index contributed by atoms with van der Waals surface area (Å²) in [7, 11) is 0. The molecule has 3 aromatic rings. The first-order valence-corrected chi connectivity index (χ1v) is 7.88. The minimum atomic E-state index is -0.264. The lowest BCUT2D eigenvalue weighted by molar-refractivity contribution is -0.118. The van der Waals surface area contributed by atoms with Crippen LogP contribution in [0.2, 0.25) is 0 Å². The molecule has 2 aromatic carbocycles. The quantitative estimate of drug-likeness (QED) is 0.742. The number of rotatable bonds is 4. The van der Waals surface area contributed by atoms with Crippen LogP contribution in [-0.4, -0.2) is 17.7 Å². The van der Waals surface area contributed by atoms with E-state index >= 15 is 0 Å². The van der Waals surface area contributed by atoms with E-state index in [1.54, 1.807) is 13.8 Å². The van der Waals surface area contributed by atoms with Gasteiger partial charge in [-0.05, 0) is 46.6 Å². The molecular formula is C17H15BrN2O3. The third-order valence-electron chi connectivity index (χ3n) is 3.48. The SMILES string of the molecule is Cc1noc(C)c1NC(=O)COc1ccc2ccccc2c1Br. The Labute approximate surface area is 141 Å². The number of aryl methyl sites for hydroxylation is 2. The molecule has 23 heavy (non-hydrogen) atoms. The largest absolute Gasteiger partial charge is 0.483 e. The summed E-state index contributed by atoms with van der Waals surface area (Å²) in [6.07, 6.45) is 0. The van der Waals surface area contributed by atoms with E-state index in [4.69, 9.17) is 9.26 Å². The highest BCUT2D eigenvalue weighted by molar-refractivity contribution is 9.10. The standard InChI is InChI=1S/C17H15BrN2O3/c1-10-17(11(2)23-20-10)19-15(21)9-22-14-8-7-12-5-3-4-6-13(12)16(14)18/h3-8H,9H2,1-2H3,(H,19,21). The van der Waals surface area contributed by atoms with Gasteiger partial charge < -0.3 is 14.6 Å². The number of benzene rings is 2. The molecule has 1 N–H and O–H groups in total. The van der Waals surface area contributed by atoms with Crippen molar-refractivity contribution in [3.05, 3.63) is 52.3 Å². The van der Waals surface area contributed by atoms with Gasteiger partial charge in [-0.1, -0.05) is 35.5 Å². The molecule has 0 saturated heterocycles. The zero-order valence-corrected chi connectivity index (χ0v) is 14.3. The number of amides is 1. The third-order valence-corrected chi connectivity index (χ3v) is 4.30. The smallest absolute Gasteiger partial charge is 0.262 e. The maximum atomic E-state index is 12.0. The molecule has 1 amide bonds. The lowest BCUT2D eigenvalue weighted by Gasteiger charge is -2.10. The highest BCUT2D eigenvalue weighted by Crippen LogP contribution is 2.33. The van der Waals surface area contributed by atoms with E-state index in [1.165, 1.54) is 0 Å². The predicted molar refractivity (Wildman–Crippen MR) is 91.7 cm³/mol. The van der Waals surface area contributed by atoms with E-state index in [0.717, 1.165) is 15.2 Å². The van der Waals surface area contributed by atoms with Crippen molar-refractivity contribution in [3.63, 3.8) is 0 Å². The van der Waals surface area contributed by atoms with Crippen LogP contribution < -0.4 is 10.1 Å². The number of carbonyl (C=O) groups excluding carboxylic acids is 1. The van der Waals surface area contributed by atoms with Crippen molar-refractivity contribution in [2.75, 3.05) is 11.9 Å². The molecule has 0 fully saturated rings. The Hall–Kier alpha value is -2.34. The van der Waals surface area contributed by atoms with Gasteiger partial charge in [0, 0.05) is 0 Å². The Bertz CT molecular complexity index is 854. The van der Waals surface area contributed by atoms with E-state index in [2.05, 4.69) is 26.4 Å². The molecule has 6 heteroatoms. The number of carbonyl (C=O) groups is 1. The van der Waals surface area contributed by atoms with Crippen LogP contribution in [-0.2, 0) is 4.79 Å². The first-order valence-electron chi connectivity index (χ1n) is 7.09. The molecule has 0 bridgehead atoms. The predicted octanol–water partition coefficient (Wildman–Crippen LogP) is 4.22. The van der Waals surface area contributed by atoms with E-state index < -0.39 is 0 Å². The average Bonchev–Trinajstić information content (AvgIpc) is 2.86. The van der Waals surface area contributed by atoms with Crippen LogP contribution in [0, 0.1) is 13.8 Å². The molecule has 0 atom stereocenters. The summed E-state index contributed by atoms with van der Waals surface area (Å²) in [5.74, 6) is 0.930. The molecule has 5 nitrogen and oxygen atoms in total. The van der Waals surface area contributed by atoms with Gasteiger partial charge in [-0.2, -0.15) is 0 Å². The number of hydrogen-bond acceptors (Lipinski definition) is 4. The van der Waals surface area contributed by atoms with Crippen LogP contribution >= 0.6 is 15.9 Å². The topological polar surface area (TPSA) is 64.4 Å². The number of nitrogens with zero attached hydrogens (tertiary/aromatic N) is 1. The van der Waals surface area contributed by atoms with Crippen molar-refractivity contribution in [1.29, 1.82) is 0 Å². The molecule has 0 saturated carbocycles. The maximum Gasteiger partial charge on any atom is 0.262 e. The summed E-state index contributed by atoms with van der Waals surface area (Å²) < 4.78 is 11.5. The number of anilines is 1. The molecule has 0 spiro atoms. The fourth-order valence-corrected chi connectivity index (χ4v) is 2.91. The molecule has 118 valence electrons. The maximum absolute atomic E-state index is 12.0. The summed E-state index contributed by atoms with van der Waals surface area (Å²) in [6, 6.07) is 11.8. The Morgan fingerprint density at radius 3 is 2.78 bits per heavy atom. The van der Waals surface area contributed by atoms with Gasteiger partial charge in [0.15, 0.2) is 12.4 Å². The number of nitrogens with one attached hydrogen (secondary N) is 1. The molecule has 0 aliphatic rings. The second kappa shape index (κ2) is 6.42. The zero-order valence-electron chi connectivity index (χ0n) is 12.7. The number of hydrogen-bond donors (Lipinski definition) is 1. The fraction of sp³-hybridized carbons (Fsp3) is 0.176. The summed E-state index contributed by atoms with van der Waals surface area (Å²) in [5, 5.41) is 8.69. The Morgan fingerprint density at radius 1 is 1.26 bits per heavy atom. The molecule has 0 unspecified atom stereocenters. The van der Waals surface area contributed by atoms with E-state index in [0.29, 0.717) is 22.9 Å². The fourth-order valence-electron chi connectivity index (χ4n) is 2.31. The first-order chi connectivity index (χ1) is 11.1. The number of aromatic nitrogens is 1. The van der Waals surface area contributed by atoms with Crippen LogP contribution in [0.25, 0.3) is 10.8 Å². The Morgan fingerprint density at radius 2 is 2.04 bits per heavy atom. The first kappa shape index (κ1) is 15.6. The third kappa shape index (κ3) is 3.22. The van der Waals surface area contributed by atoms with Crippen LogP contribution in [0.5, 0.6) is 5.75 Å². The van der Waals surface area contributed by atoms with E-state index in [1.807, 2.05) is 36.4 Å². The minimum Gasteiger partial charge on any atom is -0.483 e. The average molecular weight is 375 g/mol. The number of halogens is 1. The Balaban J connectivity index is 1.71. The molecular weight excluding hydrogens is 360 g/mol. The summed E-state index contributed by atoms with van der Waals surface area (Å²) in [4.78, 5) is 12.0. The van der Waals surface area contributed by atoms with Crippen molar-refractivity contribution in [3.8, 4) is 5.75 Å². The molecule has 1 aromatic heterocycles. The molecule has 0 aliphatic heterocycles. The zero-order chi connectivity index (χ0) is 16.4. The van der Waals surface area contributed by atoms with E-state index in [-0.39, 0.29) is 12.5 Å². The summed E-state index contributed by atoms with van der Waals surface area (Å²) in [5.41, 5.74) is 1.24. The lowest BCUT2D eigenvalue weighted by Crippen LogP contribution is -2.20.